The molecular weight excluding hydrogens is 318 g/mol. The zero-order valence-corrected chi connectivity index (χ0v) is 14.1. The Labute approximate surface area is 144 Å². The maximum Gasteiger partial charge on any atom is 0.343 e. The molecule has 130 valence electrons. The van der Waals surface area contributed by atoms with Crippen LogP contribution in [0, 0.1) is 0 Å². The molecule has 8 heteroatoms. The minimum atomic E-state index is -0.167. The highest BCUT2D eigenvalue weighted by Gasteiger charge is 2.24. The first kappa shape index (κ1) is 15.8. The van der Waals surface area contributed by atoms with Crippen LogP contribution < -0.4 is 5.69 Å². The number of likely N-dealkylation sites (tertiary alicyclic amines) is 1. The summed E-state index contributed by atoms with van der Waals surface area (Å²) < 4.78 is 1.34. The van der Waals surface area contributed by atoms with Crippen molar-refractivity contribution in [3.8, 4) is 11.4 Å². The molecule has 0 aliphatic carbocycles. The van der Waals surface area contributed by atoms with E-state index in [9.17, 15) is 4.79 Å². The lowest BCUT2D eigenvalue weighted by atomic mass is 9.96. The van der Waals surface area contributed by atoms with E-state index in [-0.39, 0.29) is 5.69 Å². The van der Waals surface area contributed by atoms with E-state index < -0.39 is 0 Å². The van der Waals surface area contributed by atoms with Gasteiger partial charge in [-0.15, -0.1) is 0 Å². The number of nitrogens with one attached hydrogen (secondary N) is 2. The number of hydrogen-bond acceptors (Lipinski definition) is 5. The number of nitrogens with zero attached hydrogens (tertiary/aromatic N) is 5. The Bertz CT molecular complexity index is 887. The molecule has 1 aliphatic heterocycles. The van der Waals surface area contributed by atoms with Crippen molar-refractivity contribution in [3.63, 3.8) is 0 Å². The topological polar surface area (TPSA) is 95.5 Å². The smallest absolute Gasteiger partial charge is 0.296 e. The lowest BCUT2D eigenvalue weighted by molar-refractivity contribution is 0.197. The molecule has 1 aromatic carbocycles. The number of piperidine rings is 1. The van der Waals surface area contributed by atoms with Crippen molar-refractivity contribution >= 4 is 0 Å². The van der Waals surface area contributed by atoms with Crippen LogP contribution in [-0.2, 0) is 13.6 Å². The first-order valence-electron chi connectivity index (χ1n) is 8.51. The van der Waals surface area contributed by atoms with Gasteiger partial charge in [-0.05, 0) is 25.9 Å². The van der Waals surface area contributed by atoms with Crippen LogP contribution in [0.15, 0.2) is 35.1 Å². The molecule has 1 saturated heterocycles. The summed E-state index contributed by atoms with van der Waals surface area (Å²) in [4.78, 5) is 21.2. The van der Waals surface area contributed by atoms with E-state index in [1.165, 1.54) is 4.68 Å². The molecule has 0 amide bonds. The molecule has 4 rings (SSSR count). The van der Waals surface area contributed by atoms with Crippen molar-refractivity contribution in [1.29, 1.82) is 0 Å². The van der Waals surface area contributed by atoms with Crippen molar-refractivity contribution in [2.75, 3.05) is 13.1 Å². The minimum Gasteiger partial charge on any atom is -0.296 e. The van der Waals surface area contributed by atoms with E-state index in [4.69, 9.17) is 0 Å². The number of aromatic amines is 2. The van der Waals surface area contributed by atoms with Crippen LogP contribution in [0.5, 0.6) is 0 Å². The van der Waals surface area contributed by atoms with E-state index >= 15 is 0 Å². The molecule has 2 aromatic heterocycles. The predicted molar refractivity (Wildman–Crippen MR) is 92.9 cm³/mol. The summed E-state index contributed by atoms with van der Waals surface area (Å²) in [5, 5.41) is 11.7. The minimum absolute atomic E-state index is 0.167. The average Bonchev–Trinajstić information content (AvgIpc) is 3.24. The Kier molecular flexibility index (Phi) is 4.19. The summed E-state index contributed by atoms with van der Waals surface area (Å²) >= 11 is 0. The van der Waals surface area contributed by atoms with Gasteiger partial charge in [0.15, 0.2) is 5.82 Å². The molecule has 8 nitrogen and oxygen atoms in total. The highest BCUT2D eigenvalue weighted by Crippen LogP contribution is 2.27. The van der Waals surface area contributed by atoms with Crippen molar-refractivity contribution < 1.29 is 0 Å². The van der Waals surface area contributed by atoms with Crippen LogP contribution in [0.2, 0.25) is 0 Å². The highest BCUT2D eigenvalue weighted by molar-refractivity contribution is 5.53. The second kappa shape index (κ2) is 6.64. The molecule has 25 heavy (non-hydrogen) atoms. The van der Waals surface area contributed by atoms with Crippen molar-refractivity contribution in [2.24, 2.45) is 7.05 Å². The van der Waals surface area contributed by atoms with E-state index in [0.29, 0.717) is 12.5 Å². The van der Waals surface area contributed by atoms with Gasteiger partial charge in [0.2, 0.25) is 0 Å². The van der Waals surface area contributed by atoms with Crippen LogP contribution >= 0.6 is 0 Å². The summed E-state index contributed by atoms with van der Waals surface area (Å²) in [6.45, 7) is 2.57. The van der Waals surface area contributed by atoms with Gasteiger partial charge in [-0.2, -0.15) is 10.2 Å². The Balaban J connectivity index is 1.37. The van der Waals surface area contributed by atoms with Gasteiger partial charge in [0.25, 0.3) is 0 Å². The van der Waals surface area contributed by atoms with E-state index in [2.05, 4.69) is 30.2 Å². The quantitative estimate of drug-likeness (QED) is 0.746. The van der Waals surface area contributed by atoms with Crippen molar-refractivity contribution in [2.45, 2.75) is 25.3 Å². The number of benzene rings is 1. The Morgan fingerprint density at radius 2 is 1.96 bits per heavy atom. The number of H-pyrrole nitrogens is 2. The second-order valence-electron chi connectivity index (χ2n) is 6.46. The molecule has 1 aliphatic rings. The standard InChI is InChI=1S/C17H21N7O/c1-23-17(25)18-14(22-23)11-24-9-7-13(8-10-24)16-19-15(20-21-16)12-5-3-2-4-6-12/h2-6,13H,7-11H2,1H3,(H,18,22,25)(H,19,20,21). The number of aromatic nitrogens is 6. The zero-order chi connectivity index (χ0) is 17.2. The van der Waals surface area contributed by atoms with Gasteiger partial charge >= 0.3 is 5.69 Å². The molecule has 0 bridgehead atoms. The van der Waals surface area contributed by atoms with Crippen LogP contribution in [0.1, 0.15) is 30.4 Å². The van der Waals surface area contributed by atoms with Gasteiger partial charge in [-0.1, -0.05) is 30.3 Å². The zero-order valence-electron chi connectivity index (χ0n) is 14.1. The van der Waals surface area contributed by atoms with Gasteiger partial charge in [0, 0.05) is 18.5 Å². The molecular formula is C17H21N7O. The summed E-state index contributed by atoms with van der Waals surface area (Å²) in [6.07, 6.45) is 2.03. The molecule has 0 spiro atoms. The molecule has 3 aromatic rings. The van der Waals surface area contributed by atoms with Gasteiger partial charge in [0.1, 0.15) is 11.6 Å². The summed E-state index contributed by atoms with van der Waals surface area (Å²) in [5.41, 5.74) is 0.863. The molecule has 0 atom stereocenters. The van der Waals surface area contributed by atoms with E-state index in [0.717, 1.165) is 49.0 Å². The molecule has 2 N–H and O–H groups in total. The monoisotopic (exact) mass is 339 g/mol. The molecule has 0 unspecified atom stereocenters. The van der Waals surface area contributed by atoms with Crippen molar-refractivity contribution in [1.82, 2.24) is 34.8 Å². The molecule has 3 heterocycles. The first-order chi connectivity index (χ1) is 12.2. The number of hydrogen-bond donors (Lipinski definition) is 2. The largest absolute Gasteiger partial charge is 0.343 e. The number of aryl methyl sites for hydroxylation is 1. The Hall–Kier alpha value is -2.74. The van der Waals surface area contributed by atoms with E-state index in [1.54, 1.807) is 7.05 Å². The third-order valence-electron chi connectivity index (χ3n) is 4.70. The number of rotatable bonds is 4. The fourth-order valence-electron chi connectivity index (χ4n) is 3.28. The average molecular weight is 339 g/mol. The normalized spacial score (nSPS) is 16.4. The van der Waals surface area contributed by atoms with Crippen LogP contribution in [0.25, 0.3) is 11.4 Å². The molecule has 0 saturated carbocycles. The highest BCUT2D eigenvalue weighted by atomic mass is 16.1. The van der Waals surface area contributed by atoms with Gasteiger partial charge in [-0.25, -0.2) is 14.5 Å². The van der Waals surface area contributed by atoms with E-state index in [1.807, 2.05) is 30.3 Å². The maximum atomic E-state index is 11.4. The second-order valence-corrected chi connectivity index (χ2v) is 6.46. The fourth-order valence-corrected chi connectivity index (χ4v) is 3.28. The maximum absolute atomic E-state index is 11.4. The fraction of sp³-hybridized carbons (Fsp3) is 0.412. The van der Waals surface area contributed by atoms with Crippen LogP contribution in [-0.4, -0.2) is 47.9 Å². The van der Waals surface area contributed by atoms with Gasteiger partial charge in [0.05, 0.1) is 6.54 Å². The van der Waals surface area contributed by atoms with Crippen molar-refractivity contribution in [3.05, 3.63) is 52.5 Å². The predicted octanol–water partition coefficient (Wildman–Crippen LogP) is 1.27. The Morgan fingerprint density at radius 1 is 1.20 bits per heavy atom. The van der Waals surface area contributed by atoms with Gasteiger partial charge in [-0.3, -0.25) is 15.0 Å². The molecule has 0 radical (unpaired) electrons. The van der Waals surface area contributed by atoms with Crippen LogP contribution in [0.4, 0.5) is 0 Å². The lowest BCUT2D eigenvalue weighted by Crippen LogP contribution is -2.33. The summed E-state index contributed by atoms with van der Waals surface area (Å²) in [6, 6.07) is 10.0. The Morgan fingerprint density at radius 3 is 2.64 bits per heavy atom. The third kappa shape index (κ3) is 3.39. The van der Waals surface area contributed by atoms with Gasteiger partial charge < -0.3 is 0 Å². The SMILES string of the molecule is Cn1nc(CN2CCC(c3nc(-c4ccccc4)n[nH]3)CC2)[nH]c1=O. The third-order valence-corrected chi connectivity index (χ3v) is 4.70. The summed E-state index contributed by atoms with van der Waals surface area (Å²) in [7, 11) is 1.66. The lowest BCUT2D eigenvalue weighted by Gasteiger charge is -2.30. The molecule has 1 fully saturated rings. The first-order valence-corrected chi connectivity index (χ1v) is 8.51. The van der Waals surface area contributed by atoms with Crippen LogP contribution in [0.3, 0.4) is 0 Å². The summed E-state index contributed by atoms with van der Waals surface area (Å²) in [5.74, 6) is 2.83.